The lowest BCUT2D eigenvalue weighted by atomic mass is 9.83. The predicted molar refractivity (Wildman–Crippen MR) is 96.0 cm³/mol. The van der Waals surface area contributed by atoms with Crippen LogP contribution in [-0.4, -0.2) is 55.9 Å². The van der Waals surface area contributed by atoms with Crippen molar-refractivity contribution in [1.29, 1.82) is 0 Å². The quantitative estimate of drug-likeness (QED) is 0.880. The second kappa shape index (κ2) is 6.12. The van der Waals surface area contributed by atoms with Crippen molar-refractivity contribution < 1.29 is 13.5 Å². The number of para-hydroxylation sites is 1. The van der Waals surface area contributed by atoms with Gasteiger partial charge < -0.3 is 10.0 Å². The summed E-state index contributed by atoms with van der Waals surface area (Å²) >= 11 is 0. The van der Waals surface area contributed by atoms with Gasteiger partial charge in [0.05, 0.1) is 11.9 Å². The van der Waals surface area contributed by atoms with Gasteiger partial charge in [0.15, 0.2) is 5.03 Å². The molecule has 1 N–H and O–H groups in total. The number of nitrogens with zero attached hydrogens (tertiary/aromatic N) is 4. The first-order valence-corrected chi connectivity index (χ1v) is 9.61. The van der Waals surface area contributed by atoms with E-state index in [-0.39, 0.29) is 5.03 Å². The number of benzene rings is 1. The average molecular weight is 364 g/mol. The molecule has 3 rings (SSSR count). The Bertz CT molecular complexity index is 891. The molecule has 1 aliphatic heterocycles. The summed E-state index contributed by atoms with van der Waals surface area (Å²) < 4.78 is 28.7. The Morgan fingerprint density at radius 3 is 2.56 bits per heavy atom. The van der Waals surface area contributed by atoms with Crippen LogP contribution in [0.15, 0.2) is 35.5 Å². The van der Waals surface area contributed by atoms with E-state index >= 15 is 0 Å². The molecule has 0 amide bonds. The van der Waals surface area contributed by atoms with Gasteiger partial charge in [-0.1, -0.05) is 18.2 Å². The molecule has 7 nitrogen and oxygen atoms in total. The van der Waals surface area contributed by atoms with Crippen LogP contribution in [0.3, 0.4) is 0 Å². The third-order valence-electron chi connectivity index (χ3n) is 4.77. The second-order valence-electron chi connectivity index (χ2n) is 6.74. The molecule has 1 aromatic heterocycles. The highest BCUT2D eigenvalue weighted by Crippen LogP contribution is 2.45. The van der Waals surface area contributed by atoms with Crippen LogP contribution < -0.4 is 4.31 Å². The van der Waals surface area contributed by atoms with E-state index in [0.29, 0.717) is 23.2 Å². The summed E-state index contributed by atoms with van der Waals surface area (Å²) in [6.45, 7) is 0.794. The lowest BCUT2D eigenvalue weighted by Crippen LogP contribution is -2.29. The number of rotatable bonds is 4. The molecule has 2 aromatic rings. The van der Waals surface area contributed by atoms with Gasteiger partial charge in [0.25, 0.3) is 10.0 Å². The molecule has 0 radical (unpaired) electrons. The van der Waals surface area contributed by atoms with Crippen LogP contribution in [0.2, 0.25) is 0 Å². The highest BCUT2D eigenvalue weighted by atomic mass is 32.2. The minimum atomic E-state index is -3.81. The van der Waals surface area contributed by atoms with Crippen molar-refractivity contribution in [2.24, 2.45) is 7.05 Å². The minimum Gasteiger partial charge on any atom is -0.380 e. The molecule has 136 valence electrons. The summed E-state index contributed by atoms with van der Waals surface area (Å²) in [7, 11) is 3.23. The monoisotopic (exact) mass is 364 g/mol. The van der Waals surface area contributed by atoms with E-state index in [9.17, 15) is 13.5 Å². The maximum absolute atomic E-state index is 13.1. The molecule has 0 bridgehead atoms. The third kappa shape index (κ3) is 2.74. The van der Waals surface area contributed by atoms with E-state index in [1.165, 1.54) is 22.2 Å². The Hall–Kier alpha value is -1.90. The molecule has 0 fully saturated rings. The summed E-state index contributed by atoms with van der Waals surface area (Å²) in [4.78, 5) is 2.04. The fraction of sp³-hybridized carbons (Fsp3) is 0.471. The largest absolute Gasteiger partial charge is 0.380 e. The average Bonchev–Trinajstić information content (AvgIpc) is 2.94. The van der Waals surface area contributed by atoms with Gasteiger partial charge in [0, 0.05) is 25.2 Å². The van der Waals surface area contributed by atoms with Crippen molar-refractivity contribution in [2.75, 3.05) is 32.0 Å². The van der Waals surface area contributed by atoms with Crippen LogP contribution in [-0.2, 0) is 22.7 Å². The van der Waals surface area contributed by atoms with Gasteiger partial charge in [0.2, 0.25) is 0 Å². The first kappa shape index (κ1) is 17.9. The standard InChI is InChI=1S/C17H24N4O3S/c1-19(2)11-7-10-17(22)13-8-5-6-9-15(13)21(4)25(23,24)16-14(17)12-18-20(16)3/h5-6,8-9,12,22H,7,10-11H2,1-4H3. The predicted octanol–water partition coefficient (Wildman–Crippen LogP) is 1.14. The van der Waals surface area contributed by atoms with Gasteiger partial charge in [0.1, 0.15) is 5.60 Å². The van der Waals surface area contributed by atoms with E-state index in [1.807, 2.05) is 25.1 Å². The van der Waals surface area contributed by atoms with Gasteiger partial charge in [-0.25, -0.2) is 0 Å². The van der Waals surface area contributed by atoms with E-state index < -0.39 is 15.6 Å². The van der Waals surface area contributed by atoms with E-state index in [2.05, 4.69) is 5.10 Å². The minimum absolute atomic E-state index is 0.0403. The van der Waals surface area contributed by atoms with Crippen molar-refractivity contribution in [3.8, 4) is 0 Å². The molecule has 1 aliphatic rings. The molecule has 25 heavy (non-hydrogen) atoms. The Morgan fingerprint density at radius 1 is 1.20 bits per heavy atom. The first-order chi connectivity index (χ1) is 11.7. The van der Waals surface area contributed by atoms with Crippen molar-refractivity contribution >= 4 is 15.7 Å². The van der Waals surface area contributed by atoms with Crippen LogP contribution in [0, 0.1) is 0 Å². The van der Waals surface area contributed by atoms with Crippen LogP contribution in [0.25, 0.3) is 0 Å². The number of aryl methyl sites for hydroxylation is 1. The zero-order valence-electron chi connectivity index (χ0n) is 15.0. The molecule has 1 unspecified atom stereocenters. The van der Waals surface area contributed by atoms with Crippen molar-refractivity contribution in [3.63, 3.8) is 0 Å². The molecule has 0 saturated heterocycles. The number of anilines is 1. The fourth-order valence-electron chi connectivity index (χ4n) is 3.44. The molecule has 0 spiro atoms. The number of aromatic nitrogens is 2. The summed E-state index contributed by atoms with van der Waals surface area (Å²) in [6, 6.07) is 7.11. The van der Waals surface area contributed by atoms with Crippen LogP contribution in [0.5, 0.6) is 0 Å². The maximum Gasteiger partial charge on any atom is 0.281 e. The van der Waals surface area contributed by atoms with Gasteiger partial charge in [-0.3, -0.25) is 8.99 Å². The molecule has 1 aromatic carbocycles. The topological polar surface area (TPSA) is 78.7 Å². The normalized spacial score (nSPS) is 21.8. The molecular weight excluding hydrogens is 340 g/mol. The summed E-state index contributed by atoms with van der Waals surface area (Å²) in [5, 5.41) is 15.8. The number of aliphatic hydroxyl groups is 1. The number of hydrogen-bond acceptors (Lipinski definition) is 5. The fourth-order valence-corrected chi connectivity index (χ4v) is 5.00. The Balaban J connectivity index is 2.25. The van der Waals surface area contributed by atoms with Crippen molar-refractivity contribution in [2.45, 2.75) is 23.5 Å². The second-order valence-corrected chi connectivity index (χ2v) is 8.63. The third-order valence-corrected chi connectivity index (χ3v) is 6.66. The first-order valence-electron chi connectivity index (χ1n) is 8.17. The summed E-state index contributed by atoms with van der Waals surface area (Å²) in [6.07, 6.45) is 2.60. The lowest BCUT2D eigenvalue weighted by molar-refractivity contribution is 0.0643. The Morgan fingerprint density at radius 2 is 1.88 bits per heavy atom. The van der Waals surface area contributed by atoms with Crippen molar-refractivity contribution in [3.05, 3.63) is 41.6 Å². The van der Waals surface area contributed by atoms with E-state index in [0.717, 1.165) is 13.0 Å². The zero-order chi connectivity index (χ0) is 18.4. The number of hydrogen-bond donors (Lipinski definition) is 1. The van der Waals surface area contributed by atoms with Gasteiger partial charge in [-0.15, -0.1) is 0 Å². The van der Waals surface area contributed by atoms with Gasteiger partial charge in [-0.05, 0) is 39.5 Å². The molecular formula is C17H24N4O3S. The number of sulfonamides is 1. The smallest absolute Gasteiger partial charge is 0.281 e. The molecule has 0 saturated carbocycles. The molecule has 8 heteroatoms. The van der Waals surface area contributed by atoms with Crippen LogP contribution >= 0.6 is 0 Å². The zero-order valence-corrected chi connectivity index (χ0v) is 15.8. The molecule has 2 heterocycles. The van der Waals surface area contributed by atoms with Crippen molar-refractivity contribution in [1.82, 2.24) is 14.7 Å². The SMILES string of the molecule is CN(C)CCCC1(O)c2ccccc2N(C)S(=O)(=O)c2c1cnn2C. The Kier molecular flexibility index (Phi) is 4.38. The van der Waals surface area contributed by atoms with Crippen LogP contribution in [0.1, 0.15) is 24.0 Å². The van der Waals surface area contributed by atoms with Crippen LogP contribution in [0.4, 0.5) is 5.69 Å². The summed E-state index contributed by atoms with van der Waals surface area (Å²) in [5.74, 6) is 0. The van der Waals surface area contributed by atoms with Gasteiger partial charge >= 0.3 is 0 Å². The van der Waals surface area contributed by atoms with E-state index in [1.54, 1.807) is 25.2 Å². The maximum atomic E-state index is 13.1. The molecule has 0 aliphatic carbocycles. The number of fused-ring (bicyclic) bond motifs is 2. The summed E-state index contributed by atoms with van der Waals surface area (Å²) in [5.41, 5.74) is 0.0109. The Labute approximate surface area is 148 Å². The lowest BCUT2D eigenvalue weighted by Gasteiger charge is -2.29. The van der Waals surface area contributed by atoms with E-state index in [4.69, 9.17) is 0 Å². The molecule has 1 atom stereocenters. The highest BCUT2D eigenvalue weighted by molar-refractivity contribution is 7.92. The van der Waals surface area contributed by atoms with Gasteiger partial charge in [-0.2, -0.15) is 13.5 Å². The highest BCUT2D eigenvalue weighted by Gasteiger charge is 2.45.